The Hall–Kier alpha value is -2.43. The third kappa shape index (κ3) is 4.51. The molecule has 2 aliphatic rings. The fraction of sp³-hybridized carbons (Fsp3) is 0.500. The van der Waals surface area contributed by atoms with Crippen LogP contribution >= 0.6 is 11.6 Å². The van der Waals surface area contributed by atoms with E-state index in [0.29, 0.717) is 43.1 Å². The van der Waals surface area contributed by atoms with Crippen LogP contribution in [0.3, 0.4) is 0 Å². The van der Waals surface area contributed by atoms with Crippen molar-refractivity contribution in [1.82, 2.24) is 14.9 Å². The maximum absolute atomic E-state index is 14.6. The molecule has 3 heterocycles. The summed E-state index contributed by atoms with van der Waals surface area (Å²) in [6.07, 6.45) is -2.03. The second kappa shape index (κ2) is 9.44. The van der Waals surface area contributed by atoms with Crippen LogP contribution in [0.5, 0.6) is 0 Å². The van der Waals surface area contributed by atoms with Crippen molar-refractivity contribution in [1.29, 1.82) is 0 Å². The van der Waals surface area contributed by atoms with Crippen LogP contribution in [0.25, 0.3) is 0 Å². The molecular weight excluding hydrogens is 461 g/mol. The Labute approximate surface area is 194 Å². The second-order valence-corrected chi connectivity index (χ2v) is 8.49. The highest BCUT2D eigenvalue weighted by atomic mass is 35.5. The molecule has 33 heavy (non-hydrogen) atoms. The molecule has 11 heteroatoms. The molecular formula is C22H24ClF3N4O3. The van der Waals surface area contributed by atoms with E-state index in [4.69, 9.17) is 21.1 Å². The van der Waals surface area contributed by atoms with E-state index in [1.54, 1.807) is 11.8 Å². The van der Waals surface area contributed by atoms with Gasteiger partial charge in [-0.25, -0.2) is 23.1 Å². The number of nitrogens with one attached hydrogen (secondary N) is 1. The van der Waals surface area contributed by atoms with Gasteiger partial charge in [-0.2, -0.15) is 0 Å². The first-order chi connectivity index (χ1) is 15.8. The molecule has 0 spiro atoms. The highest BCUT2D eigenvalue weighted by Crippen LogP contribution is 2.35. The SMILES string of the molecule is COC1(C(=O)N2Cc3nc(Cl)nc(N[C@H](C)c4cccc(C(F)F)c4F)c3C2)CCOCC1. The molecule has 2 aliphatic heterocycles. The number of methoxy groups -OCH3 is 1. The Kier molecular flexibility index (Phi) is 6.78. The molecule has 7 nitrogen and oxygen atoms in total. The summed E-state index contributed by atoms with van der Waals surface area (Å²) in [5, 5.41) is 3.02. The van der Waals surface area contributed by atoms with Crippen LogP contribution in [0, 0.1) is 5.82 Å². The monoisotopic (exact) mass is 484 g/mol. The molecule has 1 saturated heterocycles. The summed E-state index contributed by atoms with van der Waals surface area (Å²) >= 11 is 6.11. The van der Waals surface area contributed by atoms with Gasteiger partial charge in [-0.15, -0.1) is 0 Å². The molecule has 1 atom stereocenters. The van der Waals surface area contributed by atoms with Crippen molar-refractivity contribution in [3.05, 3.63) is 51.7 Å². The summed E-state index contributed by atoms with van der Waals surface area (Å²) in [5.41, 5.74) is -0.341. The number of anilines is 1. The molecule has 1 amide bonds. The van der Waals surface area contributed by atoms with Crippen LogP contribution in [0.15, 0.2) is 18.2 Å². The number of halogens is 4. The van der Waals surface area contributed by atoms with Crippen molar-refractivity contribution in [2.75, 3.05) is 25.6 Å². The quantitative estimate of drug-likeness (QED) is 0.612. The van der Waals surface area contributed by atoms with Crippen LogP contribution < -0.4 is 5.32 Å². The first-order valence-corrected chi connectivity index (χ1v) is 10.9. The fourth-order valence-corrected chi connectivity index (χ4v) is 4.52. The van der Waals surface area contributed by atoms with Crippen molar-refractivity contribution in [2.45, 2.75) is 50.9 Å². The van der Waals surface area contributed by atoms with Crippen LogP contribution in [0.2, 0.25) is 5.28 Å². The van der Waals surface area contributed by atoms with Gasteiger partial charge in [0.15, 0.2) is 5.60 Å². The molecule has 4 rings (SSSR count). The van der Waals surface area contributed by atoms with E-state index in [1.807, 2.05) is 0 Å². The first-order valence-electron chi connectivity index (χ1n) is 10.6. The zero-order chi connectivity index (χ0) is 23.8. The molecule has 178 valence electrons. The predicted molar refractivity (Wildman–Crippen MR) is 114 cm³/mol. The van der Waals surface area contributed by atoms with Crippen molar-refractivity contribution in [3.8, 4) is 0 Å². The van der Waals surface area contributed by atoms with Gasteiger partial charge in [0.05, 0.1) is 30.4 Å². The minimum Gasteiger partial charge on any atom is -0.381 e. The lowest BCUT2D eigenvalue weighted by molar-refractivity contribution is -0.167. The molecule has 2 aromatic rings. The van der Waals surface area contributed by atoms with Crippen molar-refractivity contribution in [3.63, 3.8) is 0 Å². The minimum absolute atomic E-state index is 0.0351. The molecule has 0 unspecified atom stereocenters. The van der Waals surface area contributed by atoms with E-state index in [9.17, 15) is 18.0 Å². The number of aromatic nitrogens is 2. The standard InChI is InChI=1S/C22H24ClF3N4O3/c1-12(13-4-3-5-14(17(13)24)18(25)26)27-19-15-10-30(11-16(15)28-21(23)29-19)20(31)22(32-2)6-8-33-9-7-22/h3-5,12,18H,6-11H2,1-2H3,(H,27,28,29)/t12-/m1/s1. The van der Waals surface area contributed by atoms with E-state index in [-0.39, 0.29) is 29.8 Å². The molecule has 1 aromatic carbocycles. The van der Waals surface area contributed by atoms with Gasteiger partial charge in [0.1, 0.15) is 11.6 Å². The molecule has 1 N–H and O–H groups in total. The van der Waals surface area contributed by atoms with Crippen LogP contribution in [-0.2, 0) is 27.4 Å². The van der Waals surface area contributed by atoms with Gasteiger partial charge in [0.25, 0.3) is 12.3 Å². The maximum Gasteiger partial charge on any atom is 0.266 e. The number of amides is 1. The predicted octanol–water partition coefficient (Wildman–Crippen LogP) is 4.42. The van der Waals surface area contributed by atoms with Gasteiger partial charge in [-0.1, -0.05) is 18.2 Å². The number of nitrogens with zero attached hydrogens (tertiary/aromatic N) is 3. The van der Waals surface area contributed by atoms with E-state index in [2.05, 4.69) is 15.3 Å². The number of benzene rings is 1. The highest BCUT2D eigenvalue weighted by Gasteiger charge is 2.45. The van der Waals surface area contributed by atoms with Gasteiger partial charge < -0.3 is 19.7 Å². The van der Waals surface area contributed by atoms with Crippen molar-refractivity contribution in [2.24, 2.45) is 0 Å². The minimum atomic E-state index is -2.92. The maximum atomic E-state index is 14.6. The van der Waals surface area contributed by atoms with Gasteiger partial charge >= 0.3 is 0 Å². The largest absolute Gasteiger partial charge is 0.381 e. The summed E-state index contributed by atoms with van der Waals surface area (Å²) < 4.78 is 51.8. The van der Waals surface area contributed by atoms with E-state index in [0.717, 1.165) is 6.07 Å². The number of rotatable bonds is 6. The highest BCUT2D eigenvalue weighted by molar-refractivity contribution is 6.28. The zero-order valence-corrected chi connectivity index (χ0v) is 19.0. The average Bonchev–Trinajstić information content (AvgIpc) is 3.23. The summed E-state index contributed by atoms with van der Waals surface area (Å²) in [5.74, 6) is -0.812. The lowest BCUT2D eigenvalue weighted by Gasteiger charge is -2.37. The van der Waals surface area contributed by atoms with Gasteiger partial charge in [-0.05, 0) is 18.5 Å². The third-order valence-corrected chi connectivity index (χ3v) is 6.41. The smallest absolute Gasteiger partial charge is 0.266 e. The summed E-state index contributed by atoms with van der Waals surface area (Å²) in [7, 11) is 1.51. The molecule has 0 saturated carbocycles. The topological polar surface area (TPSA) is 76.6 Å². The van der Waals surface area contributed by atoms with Crippen LogP contribution in [0.4, 0.5) is 19.0 Å². The summed E-state index contributed by atoms with van der Waals surface area (Å²) in [6.45, 7) is 2.93. The lowest BCUT2D eigenvalue weighted by atomic mass is 9.92. The Morgan fingerprint density at radius 2 is 1.94 bits per heavy atom. The second-order valence-electron chi connectivity index (χ2n) is 8.16. The molecule has 1 fully saturated rings. The number of carbonyl (C=O) groups excluding carboxylic acids is 1. The third-order valence-electron chi connectivity index (χ3n) is 6.24. The zero-order valence-electron chi connectivity index (χ0n) is 18.2. The summed E-state index contributed by atoms with van der Waals surface area (Å²) in [4.78, 5) is 23.4. The number of fused-ring (bicyclic) bond motifs is 1. The molecule has 0 aliphatic carbocycles. The number of hydrogen-bond acceptors (Lipinski definition) is 6. The summed E-state index contributed by atoms with van der Waals surface area (Å²) in [6, 6.07) is 3.18. The molecule has 0 radical (unpaired) electrons. The van der Waals surface area contributed by atoms with E-state index >= 15 is 0 Å². The van der Waals surface area contributed by atoms with Crippen LogP contribution in [0.1, 0.15) is 54.6 Å². The van der Waals surface area contributed by atoms with E-state index < -0.39 is 29.4 Å². The number of alkyl halides is 2. The van der Waals surface area contributed by atoms with Gasteiger partial charge in [-0.3, -0.25) is 4.79 Å². The van der Waals surface area contributed by atoms with Gasteiger partial charge in [0.2, 0.25) is 5.28 Å². The number of ether oxygens (including phenoxy) is 2. The molecule has 0 bridgehead atoms. The Bertz CT molecular complexity index is 1050. The van der Waals surface area contributed by atoms with E-state index in [1.165, 1.54) is 19.2 Å². The Morgan fingerprint density at radius 1 is 1.24 bits per heavy atom. The molecule has 1 aromatic heterocycles. The van der Waals surface area contributed by atoms with Crippen molar-refractivity contribution >= 4 is 23.3 Å². The average molecular weight is 485 g/mol. The normalized spacial score (nSPS) is 18.3. The van der Waals surface area contributed by atoms with Crippen LogP contribution in [-0.4, -0.2) is 46.7 Å². The number of hydrogen-bond donors (Lipinski definition) is 1. The first kappa shape index (κ1) is 23.7. The fourth-order valence-electron chi connectivity index (χ4n) is 4.34. The lowest BCUT2D eigenvalue weighted by Crippen LogP contribution is -2.51. The van der Waals surface area contributed by atoms with Crippen molar-refractivity contribution < 1.29 is 27.4 Å². The van der Waals surface area contributed by atoms with Gasteiger partial charge in [0, 0.05) is 44.3 Å². The Morgan fingerprint density at radius 3 is 2.61 bits per heavy atom. The number of carbonyl (C=O) groups is 1. The Balaban J connectivity index is 1.58.